The van der Waals surface area contributed by atoms with Gasteiger partial charge in [0.05, 0.1) is 16.4 Å². The number of hydrogen-bond donors (Lipinski definition) is 2. The summed E-state index contributed by atoms with van der Waals surface area (Å²) in [5.41, 5.74) is 4.30. The fourth-order valence-corrected chi connectivity index (χ4v) is 2.21. The fraction of sp³-hybridized carbons (Fsp3) is 0. The second kappa shape index (κ2) is 5.44. The van der Waals surface area contributed by atoms with Crippen LogP contribution in [0.1, 0.15) is 0 Å². The van der Waals surface area contributed by atoms with E-state index in [2.05, 4.69) is 31.3 Å². The molecule has 0 amide bonds. The Labute approximate surface area is 124 Å². The van der Waals surface area contributed by atoms with Crippen LogP contribution in [0.4, 0.5) is 5.82 Å². The van der Waals surface area contributed by atoms with Gasteiger partial charge in [-0.3, -0.25) is 0 Å². The van der Waals surface area contributed by atoms with Gasteiger partial charge >= 0.3 is 0 Å². The van der Waals surface area contributed by atoms with E-state index in [0.717, 1.165) is 15.7 Å². The quantitative estimate of drug-likeness (QED) is 0.568. The van der Waals surface area contributed by atoms with Gasteiger partial charge in [0.2, 0.25) is 0 Å². The lowest BCUT2D eigenvalue weighted by molar-refractivity contribution is 0.576. The monoisotopic (exact) mass is 330 g/mol. The number of rotatable bonds is 3. The van der Waals surface area contributed by atoms with Crippen molar-refractivity contribution in [1.29, 1.82) is 0 Å². The van der Waals surface area contributed by atoms with Crippen molar-refractivity contribution in [2.24, 2.45) is 5.84 Å². The fourth-order valence-electron chi connectivity index (χ4n) is 1.83. The van der Waals surface area contributed by atoms with E-state index in [9.17, 15) is 0 Å². The van der Waals surface area contributed by atoms with Crippen molar-refractivity contribution in [2.45, 2.75) is 0 Å². The molecule has 1 aromatic carbocycles. The Morgan fingerprint density at radius 1 is 1.10 bits per heavy atom. The Morgan fingerprint density at radius 2 is 1.90 bits per heavy atom. The lowest BCUT2D eigenvalue weighted by Crippen LogP contribution is -2.09. The number of aromatic nitrogens is 2. The number of hydrazine groups is 1. The van der Waals surface area contributed by atoms with E-state index in [4.69, 9.17) is 10.3 Å². The molecule has 2 aromatic heterocycles. The van der Waals surface area contributed by atoms with Gasteiger partial charge in [0.25, 0.3) is 0 Å². The summed E-state index contributed by atoms with van der Waals surface area (Å²) in [7, 11) is 0. The molecule has 0 radical (unpaired) electrons. The molecule has 0 saturated carbocycles. The number of nitrogens with one attached hydrogen (secondary N) is 1. The summed E-state index contributed by atoms with van der Waals surface area (Å²) in [5, 5.41) is 0. The maximum Gasteiger partial charge on any atom is 0.199 e. The van der Waals surface area contributed by atoms with E-state index in [1.165, 1.54) is 0 Å². The van der Waals surface area contributed by atoms with Gasteiger partial charge in [-0.05, 0) is 22.0 Å². The molecule has 5 nitrogen and oxygen atoms in total. The number of nitrogens with zero attached hydrogens (tertiary/aromatic N) is 2. The maximum absolute atomic E-state index is 5.47. The molecule has 2 heterocycles. The minimum Gasteiger partial charge on any atom is -0.460 e. The lowest BCUT2D eigenvalue weighted by Gasteiger charge is -2.06. The summed E-state index contributed by atoms with van der Waals surface area (Å²) in [6, 6.07) is 13.4. The van der Waals surface area contributed by atoms with Crippen molar-refractivity contribution >= 4 is 21.7 Å². The highest BCUT2D eigenvalue weighted by molar-refractivity contribution is 9.10. The Hall–Kier alpha value is -2.18. The first-order valence-corrected chi connectivity index (χ1v) is 6.71. The summed E-state index contributed by atoms with van der Waals surface area (Å²) >= 11 is 3.40. The molecular formula is C14H11BrN4O. The molecule has 6 heteroatoms. The van der Waals surface area contributed by atoms with Crippen LogP contribution >= 0.6 is 15.9 Å². The van der Waals surface area contributed by atoms with Crippen LogP contribution in [-0.4, -0.2) is 9.97 Å². The molecule has 0 atom stereocenters. The van der Waals surface area contributed by atoms with E-state index in [1.807, 2.05) is 30.3 Å². The van der Waals surface area contributed by atoms with E-state index in [0.29, 0.717) is 17.4 Å². The zero-order valence-electron chi connectivity index (χ0n) is 10.4. The first-order valence-electron chi connectivity index (χ1n) is 5.92. The van der Waals surface area contributed by atoms with Gasteiger partial charge in [0, 0.05) is 11.6 Å². The molecule has 0 fully saturated rings. The largest absolute Gasteiger partial charge is 0.460 e. The van der Waals surface area contributed by atoms with E-state index < -0.39 is 0 Å². The van der Waals surface area contributed by atoms with E-state index in [1.54, 1.807) is 18.4 Å². The van der Waals surface area contributed by atoms with Gasteiger partial charge in [-0.2, -0.15) is 0 Å². The third-order valence-corrected chi connectivity index (χ3v) is 3.39. The van der Waals surface area contributed by atoms with Crippen molar-refractivity contribution < 1.29 is 4.42 Å². The number of halogens is 1. The Bertz CT molecular complexity index is 727. The standard InChI is InChI=1S/C14H11BrN4O/c15-10-6-7-20-13(10)14-17-11(8-12(18-14)19-16)9-4-2-1-3-5-9/h1-8H,16H2,(H,17,18,19). The van der Waals surface area contributed by atoms with Crippen molar-refractivity contribution in [1.82, 2.24) is 9.97 Å². The average Bonchev–Trinajstić information content (AvgIpc) is 2.94. The molecule has 3 N–H and O–H groups in total. The van der Waals surface area contributed by atoms with Gasteiger partial charge in [-0.1, -0.05) is 30.3 Å². The van der Waals surface area contributed by atoms with Crippen LogP contribution in [0.25, 0.3) is 22.8 Å². The van der Waals surface area contributed by atoms with Gasteiger partial charge in [0.15, 0.2) is 11.6 Å². The van der Waals surface area contributed by atoms with Crippen LogP contribution in [0.2, 0.25) is 0 Å². The van der Waals surface area contributed by atoms with Gasteiger partial charge in [0.1, 0.15) is 5.82 Å². The Kier molecular flexibility index (Phi) is 3.49. The van der Waals surface area contributed by atoms with Crippen LogP contribution in [-0.2, 0) is 0 Å². The molecule has 0 spiro atoms. The molecular weight excluding hydrogens is 320 g/mol. The number of nitrogens with two attached hydrogens (primary N) is 1. The highest BCUT2D eigenvalue weighted by atomic mass is 79.9. The zero-order chi connectivity index (χ0) is 13.9. The first kappa shape index (κ1) is 12.8. The van der Waals surface area contributed by atoms with E-state index >= 15 is 0 Å². The SMILES string of the molecule is NNc1cc(-c2ccccc2)nc(-c2occc2Br)n1. The third-order valence-electron chi connectivity index (χ3n) is 2.76. The normalized spacial score (nSPS) is 10.5. The van der Waals surface area contributed by atoms with Crippen molar-refractivity contribution in [2.75, 3.05) is 5.43 Å². The molecule has 3 aromatic rings. The third kappa shape index (κ3) is 2.43. The smallest absolute Gasteiger partial charge is 0.199 e. The minimum absolute atomic E-state index is 0.469. The summed E-state index contributed by atoms with van der Waals surface area (Å²) in [6.45, 7) is 0. The summed E-state index contributed by atoms with van der Waals surface area (Å²) in [6.07, 6.45) is 1.58. The second-order valence-corrected chi connectivity index (χ2v) is 4.92. The summed E-state index contributed by atoms with van der Waals surface area (Å²) in [5.74, 6) is 7.04. The van der Waals surface area contributed by atoms with Gasteiger partial charge in [-0.15, -0.1) is 0 Å². The Morgan fingerprint density at radius 3 is 2.55 bits per heavy atom. The van der Waals surface area contributed by atoms with Crippen LogP contribution in [0.3, 0.4) is 0 Å². The number of hydrogen-bond acceptors (Lipinski definition) is 5. The molecule has 0 unspecified atom stereocenters. The Balaban J connectivity index is 2.15. The van der Waals surface area contributed by atoms with Crippen LogP contribution in [0.5, 0.6) is 0 Å². The van der Waals surface area contributed by atoms with Crippen molar-refractivity contribution in [3.05, 3.63) is 53.2 Å². The highest BCUT2D eigenvalue weighted by Gasteiger charge is 2.13. The number of nitrogen functional groups attached to an aromatic ring is 1. The molecule has 0 saturated heterocycles. The first-order chi connectivity index (χ1) is 9.78. The zero-order valence-corrected chi connectivity index (χ0v) is 12.0. The summed E-state index contributed by atoms with van der Waals surface area (Å²) < 4.78 is 6.20. The van der Waals surface area contributed by atoms with Crippen LogP contribution in [0.15, 0.2) is 57.6 Å². The maximum atomic E-state index is 5.47. The molecule has 0 aliphatic carbocycles. The van der Waals surface area contributed by atoms with Crippen LogP contribution < -0.4 is 11.3 Å². The molecule has 3 rings (SSSR count). The minimum atomic E-state index is 0.469. The average molecular weight is 331 g/mol. The van der Waals surface area contributed by atoms with Crippen LogP contribution in [0, 0.1) is 0 Å². The van der Waals surface area contributed by atoms with Gasteiger partial charge in [-0.25, -0.2) is 15.8 Å². The van der Waals surface area contributed by atoms with Gasteiger partial charge < -0.3 is 9.84 Å². The topological polar surface area (TPSA) is 77.0 Å². The van der Waals surface area contributed by atoms with Crippen molar-refractivity contribution in [3.63, 3.8) is 0 Å². The molecule has 0 aliphatic heterocycles. The molecule has 0 bridgehead atoms. The lowest BCUT2D eigenvalue weighted by atomic mass is 10.1. The predicted octanol–water partition coefficient (Wildman–Crippen LogP) is 3.45. The van der Waals surface area contributed by atoms with E-state index in [-0.39, 0.29) is 0 Å². The second-order valence-electron chi connectivity index (χ2n) is 4.07. The summed E-state index contributed by atoms with van der Waals surface area (Å²) in [4.78, 5) is 8.83. The molecule has 0 aliphatic rings. The number of benzene rings is 1. The highest BCUT2D eigenvalue weighted by Crippen LogP contribution is 2.29. The predicted molar refractivity (Wildman–Crippen MR) is 80.7 cm³/mol. The molecule has 20 heavy (non-hydrogen) atoms. The number of furan rings is 1. The number of anilines is 1. The van der Waals surface area contributed by atoms with Crippen molar-refractivity contribution in [3.8, 4) is 22.8 Å². The molecule has 100 valence electrons.